The minimum atomic E-state index is -4.17. The van der Waals surface area contributed by atoms with E-state index in [4.69, 9.17) is 5.73 Å². The zero-order valence-electron chi connectivity index (χ0n) is 16.5. The number of unbranched alkanes of at least 4 members (excludes halogenated alkanes) is 1. The summed E-state index contributed by atoms with van der Waals surface area (Å²) < 4.78 is 12.8. The van der Waals surface area contributed by atoms with Gasteiger partial charge in [-0.1, -0.05) is 37.6 Å². The first-order chi connectivity index (χ1) is 13.7. The van der Waals surface area contributed by atoms with Crippen LogP contribution in [0.2, 0.25) is 0 Å². The third kappa shape index (κ3) is 4.97. The first-order valence-electron chi connectivity index (χ1n) is 9.44. The number of hydrogen-bond acceptors (Lipinski definition) is 6. The lowest BCUT2D eigenvalue weighted by Gasteiger charge is -2.32. The largest absolute Gasteiger partial charge is 0.382 e. The molecule has 1 atom stereocenters. The number of H-pyrrole nitrogens is 1. The molecule has 6 N–H and O–H groups in total. The monoisotopic (exact) mass is 422 g/mol. The van der Waals surface area contributed by atoms with Gasteiger partial charge in [-0.3, -0.25) is 14.4 Å². The van der Waals surface area contributed by atoms with Crippen LogP contribution in [0, 0.1) is 0 Å². The molecule has 1 aliphatic rings. The maximum Gasteiger partial charge on any atom is 0.329 e. The Kier molecular flexibility index (Phi) is 6.28. The molecule has 10 nitrogen and oxygen atoms in total. The molecule has 0 radical (unpaired) electrons. The van der Waals surface area contributed by atoms with E-state index in [1.165, 1.54) is 0 Å². The van der Waals surface area contributed by atoms with E-state index >= 15 is 0 Å². The first-order valence-corrected chi connectivity index (χ1v) is 11.2. The van der Waals surface area contributed by atoms with Crippen LogP contribution >= 0.6 is 7.60 Å². The molecule has 1 aromatic carbocycles. The second-order valence-electron chi connectivity index (χ2n) is 7.16. The van der Waals surface area contributed by atoms with E-state index in [-0.39, 0.29) is 30.5 Å². The summed E-state index contributed by atoms with van der Waals surface area (Å²) in [6.45, 7) is 3.11. The summed E-state index contributed by atoms with van der Waals surface area (Å²) in [5.74, 6) is 0.884. The predicted octanol–water partition coefficient (Wildman–Crippen LogP) is 0.731. The number of imidazole rings is 1. The molecule has 1 aliphatic heterocycles. The number of nitrogens with one attached hydrogen (secondary N) is 2. The second kappa shape index (κ2) is 8.54. The van der Waals surface area contributed by atoms with Gasteiger partial charge in [-0.15, -0.1) is 0 Å². The molecule has 0 aliphatic carbocycles. The number of amidine groups is 1. The number of anilines is 1. The van der Waals surface area contributed by atoms with E-state index in [2.05, 4.69) is 22.2 Å². The number of aliphatic imine (C=N–C) groups is 1. The SMILES string of the molecule is CCCCNC1N=C(N)c2[nH]c(=O)n(Cc3cccc(CP(=O)(O)O)c3)c2N1C. The minimum Gasteiger partial charge on any atom is -0.382 e. The lowest BCUT2D eigenvalue weighted by atomic mass is 10.1. The molecule has 158 valence electrons. The standard InChI is InChI=1S/C18H27N6O4P/c1-3-4-8-20-17-22-15(19)14-16(23(17)2)24(18(25)21-14)10-12-6-5-7-13(9-12)11-29(26,27)28/h5-7,9,17,20H,3-4,8,10-11H2,1-2H3,(H2,19,22)(H,21,25)(H2,26,27,28). The van der Waals surface area contributed by atoms with Crippen molar-refractivity contribution in [2.45, 2.75) is 38.8 Å². The van der Waals surface area contributed by atoms with Crippen LogP contribution in [0.25, 0.3) is 0 Å². The van der Waals surface area contributed by atoms with Crippen molar-refractivity contribution < 1.29 is 14.4 Å². The molecule has 2 aromatic rings. The number of benzene rings is 1. The van der Waals surface area contributed by atoms with Gasteiger partial charge in [-0.25, -0.2) is 9.79 Å². The van der Waals surface area contributed by atoms with Crippen molar-refractivity contribution in [2.24, 2.45) is 10.7 Å². The summed E-state index contributed by atoms with van der Waals surface area (Å²) >= 11 is 0. The average molecular weight is 422 g/mol. The van der Waals surface area contributed by atoms with Crippen LogP contribution in [0.3, 0.4) is 0 Å². The maximum atomic E-state index is 12.6. The number of aromatic nitrogens is 2. The first kappa shape index (κ1) is 21.3. The van der Waals surface area contributed by atoms with Crippen LogP contribution < -0.4 is 21.6 Å². The highest BCUT2D eigenvalue weighted by atomic mass is 31.2. The number of aromatic amines is 1. The molecule has 1 aromatic heterocycles. The third-order valence-electron chi connectivity index (χ3n) is 4.75. The summed E-state index contributed by atoms with van der Waals surface area (Å²) in [6.07, 6.45) is 1.33. The summed E-state index contributed by atoms with van der Waals surface area (Å²) in [5, 5.41) is 3.32. The summed E-state index contributed by atoms with van der Waals surface area (Å²) in [4.78, 5) is 40.1. The highest BCUT2D eigenvalue weighted by molar-refractivity contribution is 7.50. The predicted molar refractivity (Wildman–Crippen MR) is 112 cm³/mol. The smallest absolute Gasteiger partial charge is 0.329 e. The van der Waals surface area contributed by atoms with Crippen LogP contribution in [-0.4, -0.2) is 45.1 Å². The van der Waals surface area contributed by atoms with E-state index in [0.29, 0.717) is 17.1 Å². The molecule has 11 heteroatoms. The van der Waals surface area contributed by atoms with Crippen molar-refractivity contribution >= 4 is 19.2 Å². The van der Waals surface area contributed by atoms with E-state index in [1.54, 1.807) is 22.8 Å². The Morgan fingerprint density at radius 3 is 2.76 bits per heavy atom. The Balaban J connectivity index is 1.90. The van der Waals surface area contributed by atoms with Gasteiger partial charge in [0.25, 0.3) is 0 Å². The van der Waals surface area contributed by atoms with Gasteiger partial charge < -0.3 is 25.4 Å². The van der Waals surface area contributed by atoms with Crippen molar-refractivity contribution in [1.82, 2.24) is 14.9 Å². The fraction of sp³-hybridized carbons (Fsp3) is 0.444. The van der Waals surface area contributed by atoms with Gasteiger partial charge >= 0.3 is 13.3 Å². The fourth-order valence-corrected chi connectivity index (χ4v) is 4.06. The van der Waals surface area contributed by atoms with Crippen molar-refractivity contribution in [3.05, 3.63) is 51.6 Å². The lowest BCUT2D eigenvalue weighted by molar-refractivity contribution is 0.371. The molecule has 0 bridgehead atoms. The Morgan fingerprint density at radius 1 is 1.34 bits per heavy atom. The molecule has 29 heavy (non-hydrogen) atoms. The second-order valence-corrected chi connectivity index (χ2v) is 8.81. The molecule has 2 heterocycles. The van der Waals surface area contributed by atoms with Crippen molar-refractivity contribution in [3.8, 4) is 0 Å². The van der Waals surface area contributed by atoms with Crippen molar-refractivity contribution in [2.75, 3.05) is 18.5 Å². The number of fused-ring (bicyclic) bond motifs is 1. The Morgan fingerprint density at radius 2 is 2.07 bits per heavy atom. The van der Waals surface area contributed by atoms with Gasteiger partial charge in [0.1, 0.15) is 17.3 Å². The van der Waals surface area contributed by atoms with Gasteiger partial charge in [-0.05, 0) is 24.1 Å². The lowest BCUT2D eigenvalue weighted by Crippen LogP contribution is -2.48. The Labute approximate surface area is 168 Å². The van der Waals surface area contributed by atoms with Gasteiger partial charge in [0, 0.05) is 7.05 Å². The summed E-state index contributed by atoms with van der Waals surface area (Å²) in [6, 6.07) is 6.88. The Bertz CT molecular complexity index is 1010. The van der Waals surface area contributed by atoms with Gasteiger partial charge in [0.2, 0.25) is 0 Å². The minimum absolute atomic E-state index is 0.235. The third-order valence-corrected chi connectivity index (χ3v) is 5.53. The van der Waals surface area contributed by atoms with E-state index < -0.39 is 7.60 Å². The quantitative estimate of drug-likeness (QED) is 0.311. The Hall–Kier alpha value is -2.39. The van der Waals surface area contributed by atoms with Crippen LogP contribution in [0.5, 0.6) is 0 Å². The van der Waals surface area contributed by atoms with Gasteiger partial charge in [-0.2, -0.15) is 0 Å². The van der Waals surface area contributed by atoms with Crippen molar-refractivity contribution in [3.63, 3.8) is 0 Å². The summed E-state index contributed by atoms with van der Waals surface area (Å²) in [7, 11) is -2.33. The van der Waals surface area contributed by atoms with E-state index in [0.717, 1.165) is 24.9 Å². The molecule has 0 spiro atoms. The maximum absolute atomic E-state index is 12.6. The van der Waals surface area contributed by atoms with Crippen LogP contribution in [0.1, 0.15) is 36.6 Å². The molecule has 0 saturated heterocycles. The number of nitrogens with zero attached hydrogens (tertiary/aromatic N) is 3. The molecule has 3 rings (SSSR count). The number of nitrogens with two attached hydrogens (primary N) is 1. The average Bonchev–Trinajstić information content (AvgIpc) is 2.95. The topological polar surface area (TPSA) is 149 Å². The molecule has 0 saturated carbocycles. The van der Waals surface area contributed by atoms with Gasteiger partial charge in [0.15, 0.2) is 6.29 Å². The molecular weight excluding hydrogens is 395 g/mol. The zero-order valence-corrected chi connectivity index (χ0v) is 17.4. The number of hydrogen-bond donors (Lipinski definition) is 5. The summed E-state index contributed by atoms with van der Waals surface area (Å²) in [5.41, 5.74) is 7.50. The molecule has 0 amide bonds. The fourth-order valence-electron chi connectivity index (χ4n) is 3.39. The van der Waals surface area contributed by atoms with Crippen LogP contribution in [0.15, 0.2) is 34.1 Å². The highest BCUT2D eigenvalue weighted by Gasteiger charge is 2.29. The van der Waals surface area contributed by atoms with Crippen LogP contribution in [-0.2, 0) is 17.3 Å². The van der Waals surface area contributed by atoms with E-state index in [1.807, 2.05) is 18.0 Å². The highest BCUT2D eigenvalue weighted by Crippen LogP contribution is 2.39. The molecule has 1 unspecified atom stereocenters. The van der Waals surface area contributed by atoms with Crippen molar-refractivity contribution in [1.29, 1.82) is 0 Å². The van der Waals surface area contributed by atoms with Gasteiger partial charge in [0.05, 0.1) is 12.7 Å². The molecule has 0 fully saturated rings. The normalized spacial score (nSPS) is 16.6. The van der Waals surface area contributed by atoms with Crippen LogP contribution in [0.4, 0.5) is 5.82 Å². The molecular formula is C18H27N6O4P. The van der Waals surface area contributed by atoms with E-state index in [9.17, 15) is 19.1 Å². The number of rotatable bonds is 8. The zero-order chi connectivity index (χ0) is 21.2.